The molecule has 292 valence electrons. The summed E-state index contributed by atoms with van der Waals surface area (Å²) < 4.78 is 14.1. The molecular formula is C60H40FN. The van der Waals surface area contributed by atoms with E-state index in [1.807, 2.05) is 12.1 Å². The van der Waals surface area contributed by atoms with Gasteiger partial charge in [0.05, 0.1) is 5.41 Å². The third-order valence-electron chi connectivity index (χ3n) is 13.3. The SMILES string of the molecule is Fc1ccc(-c2cccc3cccc(-c4ccc(N(Cc5ccccc5-c5ccccc5)c5ccc6c(c5)C5(c7ccccc7-c7ccccc75)c5ccccc5-6)cc4)c23)cc1. The van der Waals surface area contributed by atoms with Crippen LogP contribution >= 0.6 is 0 Å². The number of anilines is 2. The zero-order valence-corrected chi connectivity index (χ0v) is 34.0. The second kappa shape index (κ2) is 14.4. The van der Waals surface area contributed by atoms with Crippen LogP contribution in [-0.2, 0) is 12.0 Å². The summed E-state index contributed by atoms with van der Waals surface area (Å²) in [6.07, 6.45) is 0. The first-order chi connectivity index (χ1) is 30.7. The van der Waals surface area contributed by atoms with Crippen molar-refractivity contribution in [3.05, 3.63) is 264 Å². The van der Waals surface area contributed by atoms with Gasteiger partial charge >= 0.3 is 0 Å². The Morgan fingerprint density at radius 3 is 1.39 bits per heavy atom. The number of hydrogen-bond acceptors (Lipinski definition) is 1. The van der Waals surface area contributed by atoms with Gasteiger partial charge in [0.2, 0.25) is 0 Å². The molecule has 2 heteroatoms. The van der Waals surface area contributed by atoms with Crippen LogP contribution in [0.25, 0.3) is 66.4 Å². The van der Waals surface area contributed by atoms with Crippen LogP contribution in [0, 0.1) is 5.82 Å². The second-order valence-electron chi connectivity index (χ2n) is 16.5. The Bertz CT molecular complexity index is 3260. The molecule has 0 unspecified atom stereocenters. The van der Waals surface area contributed by atoms with E-state index in [9.17, 15) is 4.39 Å². The summed E-state index contributed by atoms with van der Waals surface area (Å²) in [5.41, 5.74) is 20.3. The van der Waals surface area contributed by atoms with Crippen molar-refractivity contribution in [1.82, 2.24) is 0 Å². The van der Waals surface area contributed by atoms with Gasteiger partial charge in [-0.15, -0.1) is 0 Å². The Morgan fingerprint density at radius 2 is 0.790 bits per heavy atom. The fraction of sp³-hybridized carbons (Fsp3) is 0.0333. The topological polar surface area (TPSA) is 3.24 Å². The average molecular weight is 794 g/mol. The third kappa shape index (κ3) is 5.53. The number of hydrogen-bond donors (Lipinski definition) is 0. The van der Waals surface area contributed by atoms with Crippen LogP contribution in [0.15, 0.2) is 231 Å². The summed E-state index contributed by atoms with van der Waals surface area (Å²) in [5, 5.41) is 2.30. The minimum Gasteiger partial charge on any atom is -0.337 e. The molecule has 0 aliphatic heterocycles. The van der Waals surface area contributed by atoms with E-state index in [2.05, 4.69) is 211 Å². The van der Waals surface area contributed by atoms with Gasteiger partial charge in [-0.3, -0.25) is 0 Å². The number of nitrogens with zero attached hydrogens (tertiary/aromatic N) is 1. The van der Waals surface area contributed by atoms with Crippen molar-refractivity contribution in [2.75, 3.05) is 4.90 Å². The number of benzene rings is 10. The molecule has 0 bridgehead atoms. The summed E-state index contributed by atoms with van der Waals surface area (Å²) in [4.78, 5) is 2.49. The minimum atomic E-state index is -0.441. The maximum Gasteiger partial charge on any atom is 0.123 e. The van der Waals surface area contributed by atoms with E-state index >= 15 is 0 Å². The lowest BCUT2D eigenvalue weighted by atomic mass is 9.70. The molecule has 0 saturated carbocycles. The Hall–Kier alpha value is -7.81. The summed E-state index contributed by atoms with van der Waals surface area (Å²) >= 11 is 0. The second-order valence-corrected chi connectivity index (χ2v) is 16.5. The fourth-order valence-electron chi connectivity index (χ4n) is 10.6. The van der Waals surface area contributed by atoms with Crippen molar-refractivity contribution in [3.63, 3.8) is 0 Å². The predicted octanol–water partition coefficient (Wildman–Crippen LogP) is 15.7. The highest BCUT2D eigenvalue weighted by atomic mass is 19.1. The molecule has 10 aromatic rings. The number of rotatable bonds is 7. The maximum atomic E-state index is 14.1. The molecule has 12 rings (SSSR count). The molecule has 0 aromatic heterocycles. The zero-order chi connectivity index (χ0) is 41.2. The summed E-state index contributed by atoms with van der Waals surface area (Å²) in [7, 11) is 0. The van der Waals surface area contributed by atoms with Crippen LogP contribution in [0.4, 0.5) is 15.8 Å². The monoisotopic (exact) mass is 793 g/mol. The molecule has 0 fully saturated rings. The smallest absolute Gasteiger partial charge is 0.123 e. The van der Waals surface area contributed by atoms with Gasteiger partial charge in [0.1, 0.15) is 5.82 Å². The summed E-state index contributed by atoms with van der Waals surface area (Å²) in [6.45, 7) is 0.666. The van der Waals surface area contributed by atoms with Crippen molar-refractivity contribution >= 4 is 22.1 Å². The van der Waals surface area contributed by atoms with E-state index in [4.69, 9.17) is 0 Å². The quantitative estimate of drug-likeness (QED) is 0.155. The number of halogens is 1. The van der Waals surface area contributed by atoms with Crippen LogP contribution in [0.1, 0.15) is 27.8 Å². The highest BCUT2D eigenvalue weighted by Gasteiger charge is 2.51. The van der Waals surface area contributed by atoms with Gasteiger partial charge in [0.15, 0.2) is 0 Å². The largest absolute Gasteiger partial charge is 0.337 e. The highest BCUT2D eigenvalue weighted by Crippen LogP contribution is 2.63. The van der Waals surface area contributed by atoms with Gasteiger partial charge in [-0.2, -0.15) is 0 Å². The molecule has 0 atom stereocenters. The molecule has 0 heterocycles. The lowest BCUT2D eigenvalue weighted by Crippen LogP contribution is -2.26. The number of fused-ring (bicyclic) bond motifs is 11. The van der Waals surface area contributed by atoms with E-state index in [0.29, 0.717) is 6.54 Å². The first-order valence-corrected chi connectivity index (χ1v) is 21.4. The predicted molar refractivity (Wildman–Crippen MR) is 255 cm³/mol. The summed E-state index contributed by atoms with van der Waals surface area (Å²) in [5.74, 6) is -0.235. The lowest BCUT2D eigenvalue weighted by Gasteiger charge is -2.32. The standard InChI is InChI=1S/C60H40FN/c61-45-32-28-41(29-33-45)49-23-12-17-43-18-13-24-50(59(43)49)42-30-34-46(35-31-42)62(39-44-16-4-5-19-48(44)40-14-2-1-3-15-40)47-36-37-54-53-22-8-11-27-57(53)60(58(54)38-47)55-25-9-6-20-51(55)52-21-7-10-26-56(52)60/h1-38H,39H2. The van der Waals surface area contributed by atoms with Gasteiger partial charge < -0.3 is 4.90 Å². The van der Waals surface area contributed by atoms with E-state index in [0.717, 1.165) is 44.4 Å². The molecule has 62 heavy (non-hydrogen) atoms. The van der Waals surface area contributed by atoms with E-state index < -0.39 is 5.41 Å². The van der Waals surface area contributed by atoms with Crippen LogP contribution in [-0.4, -0.2) is 0 Å². The third-order valence-corrected chi connectivity index (χ3v) is 13.3. The molecule has 0 radical (unpaired) electrons. The van der Waals surface area contributed by atoms with Gasteiger partial charge in [-0.05, 0) is 131 Å². The molecule has 0 N–H and O–H groups in total. The normalized spacial score (nSPS) is 12.8. The molecule has 0 saturated heterocycles. The lowest BCUT2D eigenvalue weighted by molar-refractivity contribution is 0.628. The van der Waals surface area contributed by atoms with E-state index in [-0.39, 0.29) is 5.82 Å². The Labute approximate surface area is 361 Å². The van der Waals surface area contributed by atoms with Crippen LogP contribution in [0.5, 0.6) is 0 Å². The fourth-order valence-corrected chi connectivity index (χ4v) is 10.6. The van der Waals surface area contributed by atoms with Crippen molar-refractivity contribution in [3.8, 4) is 55.6 Å². The molecule has 2 aliphatic carbocycles. The van der Waals surface area contributed by atoms with Crippen molar-refractivity contribution in [1.29, 1.82) is 0 Å². The van der Waals surface area contributed by atoms with Gasteiger partial charge in [-0.25, -0.2) is 4.39 Å². The maximum absolute atomic E-state index is 14.1. The first kappa shape index (κ1) is 36.1. The molecule has 2 aliphatic rings. The first-order valence-electron chi connectivity index (χ1n) is 21.4. The van der Waals surface area contributed by atoms with Gasteiger partial charge in [0, 0.05) is 17.9 Å². The van der Waals surface area contributed by atoms with Crippen LogP contribution in [0.3, 0.4) is 0 Å². The van der Waals surface area contributed by atoms with Gasteiger partial charge in [0.25, 0.3) is 0 Å². The summed E-state index contributed by atoms with van der Waals surface area (Å²) in [6, 6.07) is 82.5. The average Bonchev–Trinajstić information content (AvgIpc) is 3.81. The zero-order valence-electron chi connectivity index (χ0n) is 34.0. The van der Waals surface area contributed by atoms with Crippen molar-refractivity contribution in [2.45, 2.75) is 12.0 Å². The highest BCUT2D eigenvalue weighted by molar-refractivity contribution is 6.06. The van der Waals surface area contributed by atoms with Crippen LogP contribution < -0.4 is 4.90 Å². The van der Waals surface area contributed by atoms with E-state index in [1.165, 1.54) is 61.2 Å². The van der Waals surface area contributed by atoms with Crippen LogP contribution in [0.2, 0.25) is 0 Å². The Balaban J connectivity index is 1.04. The van der Waals surface area contributed by atoms with E-state index in [1.54, 1.807) is 12.1 Å². The Kier molecular flexibility index (Phi) is 8.40. The molecule has 0 amide bonds. The molecular weight excluding hydrogens is 754 g/mol. The minimum absolute atomic E-state index is 0.235. The van der Waals surface area contributed by atoms with Crippen molar-refractivity contribution < 1.29 is 4.39 Å². The molecule has 1 spiro atoms. The van der Waals surface area contributed by atoms with Crippen molar-refractivity contribution in [2.24, 2.45) is 0 Å². The Morgan fingerprint density at radius 1 is 0.339 bits per heavy atom. The molecule has 10 aromatic carbocycles. The van der Waals surface area contributed by atoms with Gasteiger partial charge in [-0.1, -0.05) is 194 Å². The molecule has 1 nitrogen and oxygen atoms in total.